The second-order valence-electron chi connectivity index (χ2n) is 24.8. The number of hydrogen-bond acceptors (Lipinski definition) is 7. The Balaban J connectivity index is 0.755. The van der Waals surface area contributed by atoms with Gasteiger partial charge in [0.05, 0.1) is 22.7 Å². The van der Waals surface area contributed by atoms with Gasteiger partial charge in [-0.25, -0.2) is 0 Å². The van der Waals surface area contributed by atoms with Crippen LogP contribution in [0.1, 0.15) is 24.0 Å². The van der Waals surface area contributed by atoms with E-state index in [9.17, 15) is 0 Å². The third-order valence-electron chi connectivity index (χ3n) is 20.0. The normalized spacial score (nSPS) is 14.1. The molecular weight excluding hydrogens is 1160 g/mol. The standard InChI is InChI=1S/C82H54B2N4S3/c1-3-22-51(23-4-1)53-26-17-30-57(48-53)85-67-39-14-12-37-65(67)83-75-68(85)40-20-41-69(75)87(77-62-34-10-15-44-72(62)89-80(77)83)58-31-18-27-54(49-58)55-46-47-64-74(50-55)91-81-78(64)86(56-28-5-2-6-29-56)70-42-21-43-71-76(70)84(81)82-79(63-35-11-16-45-73(63)90-82)88(71)66-38-13-9-33-61(66)60-36-19-25-52-24-7-8-32-59(52)60/h1-6,9-23,25-31,33-50H,7-8,24,32H2. The van der Waals surface area contributed by atoms with Gasteiger partial charge in [-0.3, -0.25) is 0 Å². The van der Waals surface area contributed by atoms with Gasteiger partial charge in [0.2, 0.25) is 0 Å². The van der Waals surface area contributed by atoms with Crippen molar-refractivity contribution in [1.82, 2.24) is 0 Å². The molecule has 4 aliphatic heterocycles. The zero-order chi connectivity index (χ0) is 59.4. The Kier molecular flexibility index (Phi) is 11.5. The summed E-state index contributed by atoms with van der Waals surface area (Å²) in [4.78, 5) is 10.4. The molecule has 3 aromatic heterocycles. The Morgan fingerprint density at radius 1 is 0.286 bits per heavy atom. The first-order chi connectivity index (χ1) is 45.2. The minimum atomic E-state index is 0.0238. The Labute approximate surface area is 541 Å². The summed E-state index contributed by atoms with van der Waals surface area (Å²) >= 11 is 5.91. The van der Waals surface area contributed by atoms with Gasteiger partial charge in [0.1, 0.15) is 0 Å². The molecule has 426 valence electrons. The molecule has 7 heterocycles. The molecule has 12 aromatic carbocycles. The van der Waals surface area contributed by atoms with Crippen molar-refractivity contribution in [2.75, 3.05) is 19.6 Å². The van der Waals surface area contributed by atoms with Crippen molar-refractivity contribution < 1.29 is 0 Å². The predicted octanol–water partition coefficient (Wildman–Crippen LogP) is 19.4. The van der Waals surface area contributed by atoms with Crippen molar-refractivity contribution in [3.05, 3.63) is 290 Å². The highest BCUT2D eigenvalue weighted by Crippen LogP contribution is 2.54. The summed E-state index contributed by atoms with van der Waals surface area (Å²) in [7, 11) is 0. The van der Waals surface area contributed by atoms with Crippen LogP contribution in [-0.4, -0.2) is 13.4 Å². The molecule has 5 aliphatic rings. The van der Waals surface area contributed by atoms with E-state index in [0.717, 1.165) is 29.9 Å². The van der Waals surface area contributed by atoms with E-state index in [2.05, 4.69) is 299 Å². The fourth-order valence-corrected chi connectivity index (χ4v) is 20.3. The average Bonchev–Trinajstić information content (AvgIpc) is 1.65. The van der Waals surface area contributed by atoms with Gasteiger partial charge in [-0.2, -0.15) is 0 Å². The fraction of sp³-hybridized carbons (Fsp3) is 0.0488. The molecule has 0 unspecified atom stereocenters. The Bertz CT molecular complexity index is 5510. The summed E-state index contributed by atoms with van der Waals surface area (Å²) in [6.07, 6.45) is 4.75. The van der Waals surface area contributed by atoms with Gasteiger partial charge in [-0.15, -0.1) is 34.0 Å². The average molecular weight is 1210 g/mol. The number of aryl methyl sites for hydroxylation is 1. The molecule has 0 radical (unpaired) electrons. The molecule has 0 bridgehead atoms. The summed E-state index contributed by atoms with van der Waals surface area (Å²) in [5.74, 6) is 0. The lowest BCUT2D eigenvalue weighted by Gasteiger charge is -2.43. The molecule has 9 heteroatoms. The topological polar surface area (TPSA) is 13.0 Å². The van der Waals surface area contributed by atoms with E-state index in [4.69, 9.17) is 0 Å². The number of thiophene rings is 3. The van der Waals surface area contributed by atoms with E-state index in [1.54, 1.807) is 0 Å². The van der Waals surface area contributed by atoms with Crippen LogP contribution in [0.2, 0.25) is 0 Å². The van der Waals surface area contributed by atoms with Crippen LogP contribution < -0.4 is 50.3 Å². The third-order valence-corrected chi connectivity index (χ3v) is 23.6. The maximum Gasteiger partial charge on any atom is 0.277 e. The molecular formula is C82H54B2N4S3. The van der Waals surface area contributed by atoms with Crippen LogP contribution in [0.25, 0.3) is 63.6 Å². The number of nitrogens with zero attached hydrogens (tertiary/aromatic N) is 4. The van der Waals surface area contributed by atoms with Crippen LogP contribution in [0, 0.1) is 0 Å². The van der Waals surface area contributed by atoms with Crippen LogP contribution in [-0.2, 0) is 12.8 Å². The summed E-state index contributed by atoms with van der Waals surface area (Å²) < 4.78 is 8.06. The van der Waals surface area contributed by atoms with Crippen molar-refractivity contribution in [3.8, 4) is 33.4 Å². The lowest BCUT2D eigenvalue weighted by molar-refractivity contribution is 0.687. The van der Waals surface area contributed by atoms with E-state index in [-0.39, 0.29) is 13.4 Å². The molecule has 0 fully saturated rings. The number of hydrogen-bond donors (Lipinski definition) is 0. The Morgan fingerprint density at radius 2 is 0.747 bits per heavy atom. The number of para-hydroxylation sites is 3. The maximum absolute atomic E-state index is 2.66. The van der Waals surface area contributed by atoms with E-state index in [1.807, 2.05) is 34.0 Å². The van der Waals surface area contributed by atoms with Crippen molar-refractivity contribution >= 4 is 177 Å². The largest absolute Gasteiger partial charge is 0.311 e. The summed E-state index contributed by atoms with van der Waals surface area (Å²) in [5, 5.41) is 3.86. The van der Waals surface area contributed by atoms with Crippen molar-refractivity contribution in [3.63, 3.8) is 0 Å². The molecule has 0 saturated heterocycles. The molecule has 0 amide bonds. The maximum atomic E-state index is 2.66. The van der Waals surface area contributed by atoms with Crippen LogP contribution in [0.4, 0.5) is 68.2 Å². The summed E-state index contributed by atoms with van der Waals surface area (Å²) in [6, 6.07) is 105. The minimum Gasteiger partial charge on any atom is -0.311 e. The van der Waals surface area contributed by atoms with E-state index in [0.29, 0.717) is 0 Å². The molecule has 1 aliphatic carbocycles. The second-order valence-corrected chi connectivity index (χ2v) is 28.1. The molecule has 15 aromatic rings. The molecule has 0 spiro atoms. The van der Waals surface area contributed by atoms with Gasteiger partial charge >= 0.3 is 0 Å². The first kappa shape index (κ1) is 51.7. The van der Waals surface area contributed by atoms with Crippen LogP contribution in [0.15, 0.2) is 279 Å². The zero-order valence-corrected chi connectivity index (χ0v) is 52.0. The zero-order valence-electron chi connectivity index (χ0n) is 49.6. The van der Waals surface area contributed by atoms with Crippen molar-refractivity contribution in [1.29, 1.82) is 0 Å². The van der Waals surface area contributed by atoms with E-state index >= 15 is 0 Å². The van der Waals surface area contributed by atoms with E-state index in [1.165, 1.54) is 170 Å². The molecule has 4 nitrogen and oxygen atoms in total. The lowest BCUT2D eigenvalue weighted by Crippen LogP contribution is -2.60. The first-order valence-corrected chi connectivity index (χ1v) is 34.3. The first-order valence-electron chi connectivity index (χ1n) is 31.8. The quantitative estimate of drug-likeness (QED) is 0.147. The number of fused-ring (bicyclic) bond motifs is 15. The van der Waals surface area contributed by atoms with Gasteiger partial charge in [0.25, 0.3) is 13.4 Å². The van der Waals surface area contributed by atoms with E-state index < -0.39 is 0 Å². The predicted molar refractivity (Wildman–Crippen MR) is 394 cm³/mol. The molecule has 91 heavy (non-hydrogen) atoms. The van der Waals surface area contributed by atoms with Crippen molar-refractivity contribution in [2.45, 2.75) is 25.7 Å². The number of benzene rings is 12. The van der Waals surface area contributed by atoms with Gasteiger partial charge in [0, 0.05) is 95.7 Å². The lowest BCUT2D eigenvalue weighted by atomic mass is 9.36. The molecule has 0 N–H and O–H groups in total. The van der Waals surface area contributed by atoms with Gasteiger partial charge in [0.15, 0.2) is 0 Å². The summed E-state index contributed by atoms with van der Waals surface area (Å²) in [6.45, 7) is 0.0784. The second kappa shape index (κ2) is 20.2. The van der Waals surface area contributed by atoms with Gasteiger partial charge in [-0.05, 0) is 172 Å². The third kappa shape index (κ3) is 7.63. The SMILES string of the molecule is c1ccc(-c2cccc(N3c4ccccc4B4c5sc6ccccc6c5N(c5cccc(-c6ccc7c8c(sc7c6)B6c7sc9ccccc9c7N(c7ccccc7-c7cccc9c7CCCC9)c7cccc(c76)N8c6ccccc6)c5)c5cccc3c54)c2)cc1. The Morgan fingerprint density at radius 3 is 1.48 bits per heavy atom. The minimum absolute atomic E-state index is 0.0238. The number of rotatable bonds is 7. The summed E-state index contributed by atoms with van der Waals surface area (Å²) in [5.41, 5.74) is 29.2. The Hall–Kier alpha value is -10.2. The molecule has 0 atom stereocenters. The fourth-order valence-electron chi connectivity index (χ4n) is 16.2. The van der Waals surface area contributed by atoms with Crippen LogP contribution in [0.3, 0.4) is 0 Å². The molecule has 20 rings (SSSR count). The van der Waals surface area contributed by atoms with Gasteiger partial charge < -0.3 is 19.6 Å². The number of anilines is 12. The smallest absolute Gasteiger partial charge is 0.277 e. The highest BCUT2D eigenvalue weighted by Gasteiger charge is 2.48. The highest BCUT2D eigenvalue weighted by molar-refractivity contribution is 7.41. The molecule has 0 saturated carbocycles. The van der Waals surface area contributed by atoms with Crippen LogP contribution in [0.5, 0.6) is 0 Å². The monoisotopic (exact) mass is 1210 g/mol. The van der Waals surface area contributed by atoms with Crippen LogP contribution >= 0.6 is 34.0 Å². The highest BCUT2D eigenvalue weighted by atomic mass is 32.1. The van der Waals surface area contributed by atoms with Crippen molar-refractivity contribution in [2.24, 2.45) is 0 Å². The van der Waals surface area contributed by atoms with Gasteiger partial charge in [-0.1, -0.05) is 188 Å².